The molecule has 1 aromatic carbocycles. The Bertz CT molecular complexity index is 724. The van der Waals surface area contributed by atoms with Gasteiger partial charge in [0.05, 0.1) is 22.8 Å². The van der Waals surface area contributed by atoms with Crippen molar-refractivity contribution in [2.45, 2.75) is 18.4 Å². The van der Waals surface area contributed by atoms with Gasteiger partial charge in [-0.1, -0.05) is 19.1 Å². The van der Waals surface area contributed by atoms with Crippen LogP contribution in [0.15, 0.2) is 41.6 Å². The van der Waals surface area contributed by atoms with E-state index < -0.39 is 9.84 Å². The maximum atomic E-state index is 12.5. The summed E-state index contributed by atoms with van der Waals surface area (Å²) in [4.78, 5) is 20.9. The van der Waals surface area contributed by atoms with Crippen molar-refractivity contribution in [3.8, 4) is 0 Å². The van der Waals surface area contributed by atoms with Gasteiger partial charge in [-0.25, -0.2) is 13.4 Å². The fourth-order valence-electron chi connectivity index (χ4n) is 1.96. The summed E-state index contributed by atoms with van der Waals surface area (Å²) >= 11 is 0. The molecule has 0 aliphatic carbocycles. The second-order valence-electron chi connectivity index (χ2n) is 4.60. The molecule has 7 heteroatoms. The number of amides is 1. The molecule has 0 saturated carbocycles. The average molecular weight is 307 g/mol. The lowest BCUT2D eigenvalue weighted by atomic mass is 10.2. The molecule has 0 aliphatic heterocycles. The molecule has 1 aromatic heterocycles. The molecular weight excluding hydrogens is 290 g/mol. The topological polar surface area (TPSA) is 83.1 Å². The van der Waals surface area contributed by atoms with E-state index in [1.807, 2.05) is 0 Å². The molecule has 0 atom stereocenters. The predicted molar refractivity (Wildman–Crippen MR) is 78.6 cm³/mol. The summed E-state index contributed by atoms with van der Waals surface area (Å²) in [5.41, 5.74) is 0.188. The van der Waals surface area contributed by atoms with Gasteiger partial charge in [0.15, 0.2) is 9.84 Å². The monoisotopic (exact) mass is 307 g/mol. The highest BCUT2D eigenvalue weighted by atomic mass is 32.2. The molecule has 0 fully saturated rings. The van der Waals surface area contributed by atoms with Crippen molar-refractivity contribution < 1.29 is 13.2 Å². The Hall–Kier alpha value is -2.15. The van der Waals surface area contributed by atoms with Crippen LogP contribution in [0.4, 0.5) is 0 Å². The molecular formula is C14H17N3O3S. The number of aromatic amines is 1. The SMILES string of the molecule is CCS(=O)(=O)c1ccccc1C(=O)N(C)Cc1ncc[nH]1. The Kier molecular flexibility index (Phi) is 4.42. The third-order valence-corrected chi connectivity index (χ3v) is 4.91. The van der Waals surface area contributed by atoms with Crippen LogP contribution in [0, 0.1) is 0 Å². The summed E-state index contributed by atoms with van der Waals surface area (Å²) in [7, 11) is -1.83. The van der Waals surface area contributed by atoms with Gasteiger partial charge >= 0.3 is 0 Å². The van der Waals surface area contributed by atoms with E-state index in [1.54, 1.807) is 38.5 Å². The third-order valence-electron chi connectivity index (χ3n) is 3.12. The van der Waals surface area contributed by atoms with Crippen molar-refractivity contribution >= 4 is 15.7 Å². The molecule has 0 aliphatic rings. The number of hydrogen-bond acceptors (Lipinski definition) is 4. The predicted octanol–water partition coefficient (Wildman–Crippen LogP) is 1.48. The summed E-state index contributed by atoms with van der Waals surface area (Å²) in [5, 5.41) is 0. The van der Waals surface area contributed by atoms with Crippen LogP contribution in [0.3, 0.4) is 0 Å². The molecule has 0 saturated heterocycles. The molecule has 6 nitrogen and oxygen atoms in total. The number of nitrogens with zero attached hydrogens (tertiary/aromatic N) is 2. The number of aromatic nitrogens is 2. The smallest absolute Gasteiger partial charge is 0.255 e. The molecule has 0 spiro atoms. The van der Waals surface area contributed by atoms with E-state index in [4.69, 9.17) is 0 Å². The fourth-order valence-corrected chi connectivity index (χ4v) is 3.04. The van der Waals surface area contributed by atoms with Crippen LogP contribution in [0.1, 0.15) is 23.1 Å². The summed E-state index contributed by atoms with van der Waals surface area (Å²) in [6.45, 7) is 1.84. The van der Waals surface area contributed by atoms with Gasteiger partial charge in [0.2, 0.25) is 0 Å². The first-order valence-electron chi connectivity index (χ1n) is 6.51. The molecule has 1 N–H and O–H groups in total. The molecule has 2 aromatic rings. The number of H-pyrrole nitrogens is 1. The molecule has 1 amide bonds. The average Bonchev–Trinajstić information content (AvgIpc) is 2.99. The number of sulfone groups is 1. The lowest BCUT2D eigenvalue weighted by molar-refractivity contribution is 0.0778. The maximum absolute atomic E-state index is 12.5. The van der Waals surface area contributed by atoms with E-state index in [-0.39, 0.29) is 28.7 Å². The van der Waals surface area contributed by atoms with Gasteiger partial charge < -0.3 is 9.88 Å². The molecule has 0 radical (unpaired) electrons. The zero-order chi connectivity index (χ0) is 15.5. The van der Waals surface area contributed by atoms with Crippen LogP contribution in [0.25, 0.3) is 0 Å². The zero-order valence-electron chi connectivity index (χ0n) is 11.9. The van der Waals surface area contributed by atoms with E-state index in [2.05, 4.69) is 9.97 Å². The Morgan fingerprint density at radius 2 is 2.05 bits per heavy atom. The van der Waals surface area contributed by atoms with Crippen molar-refractivity contribution in [3.05, 3.63) is 48.0 Å². The van der Waals surface area contributed by atoms with Crippen molar-refractivity contribution in [2.24, 2.45) is 0 Å². The number of nitrogens with one attached hydrogen (secondary N) is 1. The molecule has 0 bridgehead atoms. The minimum atomic E-state index is -3.44. The van der Waals surface area contributed by atoms with Crippen LogP contribution in [0.2, 0.25) is 0 Å². The van der Waals surface area contributed by atoms with Gasteiger partial charge in [-0.2, -0.15) is 0 Å². The van der Waals surface area contributed by atoms with E-state index >= 15 is 0 Å². The van der Waals surface area contributed by atoms with Gasteiger partial charge in [0.1, 0.15) is 5.82 Å². The number of hydrogen-bond donors (Lipinski definition) is 1. The second-order valence-corrected chi connectivity index (χ2v) is 6.84. The van der Waals surface area contributed by atoms with Gasteiger partial charge in [-0.05, 0) is 12.1 Å². The fraction of sp³-hybridized carbons (Fsp3) is 0.286. The Morgan fingerprint density at radius 3 is 2.67 bits per heavy atom. The highest BCUT2D eigenvalue weighted by molar-refractivity contribution is 7.91. The quantitative estimate of drug-likeness (QED) is 0.907. The Morgan fingerprint density at radius 1 is 1.33 bits per heavy atom. The molecule has 0 unspecified atom stereocenters. The summed E-state index contributed by atoms with van der Waals surface area (Å²) in [5.74, 6) is 0.250. The van der Waals surface area contributed by atoms with Gasteiger partial charge in [0, 0.05) is 19.4 Å². The normalized spacial score (nSPS) is 11.3. The van der Waals surface area contributed by atoms with Gasteiger partial charge in [-0.15, -0.1) is 0 Å². The van der Waals surface area contributed by atoms with E-state index in [1.165, 1.54) is 17.0 Å². The van der Waals surface area contributed by atoms with Crippen molar-refractivity contribution in [2.75, 3.05) is 12.8 Å². The van der Waals surface area contributed by atoms with Crippen molar-refractivity contribution in [1.29, 1.82) is 0 Å². The van der Waals surface area contributed by atoms with Crippen molar-refractivity contribution in [1.82, 2.24) is 14.9 Å². The van der Waals surface area contributed by atoms with E-state index in [0.717, 1.165) is 0 Å². The van der Waals surface area contributed by atoms with Crippen LogP contribution in [-0.4, -0.2) is 42.0 Å². The van der Waals surface area contributed by atoms with Crippen LogP contribution in [-0.2, 0) is 16.4 Å². The lowest BCUT2D eigenvalue weighted by Gasteiger charge is -2.17. The third kappa shape index (κ3) is 3.30. The Labute approximate surface area is 123 Å². The summed E-state index contributed by atoms with van der Waals surface area (Å²) < 4.78 is 24.2. The molecule has 2 rings (SSSR count). The second kappa shape index (κ2) is 6.09. The van der Waals surface area contributed by atoms with Crippen molar-refractivity contribution in [3.63, 3.8) is 0 Å². The molecule has 1 heterocycles. The first kappa shape index (κ1) is 15.2. The first-order valence-corrected chi connectivity index (χ1v) is 8.16. The number of imidazole rings is 1. The number of benzene rings is 1. The van der Waals surface area contributed by atoms with Crippen LogP contribution in [0.5, 0.6) is 0 Å². The zero-order valence-corrected chi connectivity index (χ0v) is 12.7. The van der Waals surface area contributed by atoms with E-state index in [0.29, 0.717) is 5.82 Å². The number of rotatable bonds is 5. The number of carbonyl (C=O) groups excluding carboxylic acids is 1. The maximum Gasteiger partial charge on any atom is 0.255 e. The minimum Gasteiger partial charge on any atom is -0.347 e. The largest absolute Gasteiger partial charge is 0.347 e. The Balaban J connectivity index is 2.31. The summed E-state index contributed by atoms with van der Waals surface area (Å²) in [6, 6.07) is 6.27. The standard InChI is InChI=1S/C14H17N3O3S/c1-3-21(19,20)12-7-5-4-6-11(12)14(18)17(2)10-13-15-8-9-16-13/h4-9H,3,10H2,1-2H3,(H,15,16). The first-order chi connectivity index (χ1) is 9.95. The van der Waals surface area contributed by atoms with Gasteiger partial charge in [0.25, 0.3) is 5.91 Å². The minimum absolute atomic E-state index is 0.0425. The van der Waals surface area contributed by atoms with E-state index in [9.17, 15) is 13.2 Å². The van der Waals surface area contributed by atoms with Crippen LogP contribution >= 0.6 is 0 Å². The molecule has 21 heavy (non-hydrogen) atoms. The summed E-state index contributed by atoms with van der Waals surface area (Å²) in [6.07, 6.45) is 3.27. The lowest BCUT2D eigenvalue weighted by Crippen LogP contribution is -2.28. The highest BCUT2D eigenvalue weighted by Crippen LogP contribution is 2.19. The van der Waals surface area contributed by atoms with Crippen LogP contribution < -0.4 is 0 Å². The highest BCUT2D eigenvalue weighted by Gasteiger charge is 2.22. The van der Waals surface area contributed by atoms with Gasteiger partial charge in [-0.3, -0.25) is 4.79 Å². The molecule has 112 valence electrons. The number of carbonyl (C=O) groups is 1.